The SMILES string of the molecule is Cc1cccc(-c2noc(CN3CCN(Cc4ccc(Cl)cc4)C(=O)C3=O)n2)c1. The molecule has 0 unspecified atom stereocenters. The molecule has 1 aliphatic heterocycles. The number of hydrogen-bond acceptors (Lipinski definition) is 5. The number of aromatic nitrogens is 2. The molecule has 2 heterocycles. The monoisotopic (exact) mass is 410 g/mol. The topological polar surface area (TPSA) is 79.5 Å². The van der Waals surface area contributed by atoms with Gasteiger partial charge in [0.05, 0.1) is 0 Å². The van der Waals surface area contributed by atoms with Gasteiger partial charge in [-0.05, 0) is 30.7 Å². The molecule has 0 N–H and O–H groups in total. The Morgan fingerprint density at radius 1 is 1.00 bits per heavy atom. The number of carbonyl (C=O) groups excluding carboxylic acids is 2. The summed E-state index contributed by atoms with van der Waals surface area (Å²) in [6.45, 7) is 3.30. The van der Waals surface area contributed by atoms with Crippen molar-refractivity contribution < 1.29 is 14.1 Å². The molecule has 7 nitrogen and oxygen atoms in total. The third kappa shape index (κ3) is 4.30. The van der Waals surface area contributed by atoms with Gasteiger partial charge in [0.25, 0.3) is 0 Å². The van der Waals surface area contributed by atoms with E-state index in [1.165, 1.54) is 9.80 Å². The third-order valence-electron chi connectivity index (χ3n) is 4.75. The summed E-state index contributed by atoms with van der Waals surface area (Å²) in [6.07, 6.45) is 0. The summed E-state index contributed by atoms with van der Waals surface area (Å²) in [6, 6.07) is 15.0. The minimum Gasteiger partial charge on any atom is -0.337 e. The summed E-state index contributed by atoms with van der Waals surface area (Å²) in [7, 11) is 0. The molecule has 0 atom stereocenters. The van der Waals surface area contributed by atoms with Crippen molar-refractivity contribution in [2.24, 2.45) is 0 Å². The van der Waals surface area contributed by atoms with Crippen LogP contribution >= 0.6 is 11.6 Å². The third-order valence-corrected chi connectivity index (χ3v) is 5.01. The van der Waals surface area contributed by atoms with Crippen molar-refractivity contribution in [1.29, 1.82) is 0 Å². The Labute approximate surface area is 172 Å². The van der Waals surface area contributed by atoms with Crippen LogP contribution in [0.4, 0.5) is 0 Å². The summed E-state index contributed by atoms with van der Waals surface area (Å²) >= 11 is 5.89. The van der Waals surface area contributed by atoms with Crippen LogP contribution in [-0.4, -0.2) is 44.8 Å². The first-order valence-electron chi connectivity index (χ1n) is 9.22. The van der Waals surface area contributed by atoms with Crippen molar-refractivity contribution >= 4 is 23.4 Å². The predicted octanol–water partition coefficient (Wildman–Crippen LogP) is 3.07. The number of hydrogen-bond donors (Lipinski definition) is 0. The smallest absolute Gasteiger partial charge is 0.312 e. The number of rotatable bonds is 5. The van der Waals surface area contributed by atoms with Gasteiger partial charge in [0.15, 0.2) is 0 Å². The average Bonchev–Trinajstić information content (AvgIpc) is 3.18. The molecule has 1 fully saturated rings. The Balaban J connectivity index is 1.40. The average molecular weight is 411 g/mol. The molecule has 2 amide bonds. The van der Waals surface area contributed by atoms with Crippen LogP contribution in [0.2, 0.25) is 5.02 Å². The Kier molecular flexibility index (Phi) is 5.31. The Bertz CT molecular complexity index is 1050. The van der Waals surface area contributed by atoms with Gasteiger partial charge in [-0.1, -0.05) is 52.7 Å². The first kappa shape index (κ1) is 19.1. The summed E-state index contributed by atoms with van der Waals surface area (Å²) in [4.78, 5) is 32.4. The number of carbonyl (C=O) groups is 2. The highest BCUT2D eigenvalue weighted by Gasteiger charge is 2.33. The first-order chi connectivity index (χ1) is 14.0. The van der Waals surface area contributed by atoms with Crippen molar-refractivity contribution in [3.8, 4) is 11.4 Å². The van der Waals surface area contributed by atoms with Gasteiger partial charge in [-0.2, -0.15) is 4.98 Å². The molecule has 0 aliphatic carbocycles. The van der Waals surface area contributed by atoms with Crippen LogP contribution in [0, 0.1) is 6.92 Å². The number of piperazine rings is 1. The van der Waals surface area contributed by atoms with E-state index in [4.69, 9.17) is 16.1 Å². The number of aryl methyl sites for hydroxylation is 1. The van der Waals surface area contributed by atoms with Gasteiger partial charge in [0.2, 0.25) is 11.7 Å². The molecule has 1 saturated heterocycles. The van der Waals surface area contributed by atoms with Crippen molar-refractivity contribution in [1.82, 2.24) is 19.9 Å². The van der Waals surface area contributed by atoms with Crippen molar-refractivity contribution in [2.75, 3.05) is 13.1 Å². The van der Waals surface area contributed by atoms with Crippen molar-refractivity contribution in [3.63, 3.8) is 0 Å². The molecule has 0 saturated carbocycles. The molecule has 1 aliphatic rings. The molecule has 8 heteroatoms. The fraction of sp³-hybridized carbons (Fsp3) is 0.238. The highest BCUT2D eigenvalue weighted by molar-refractivity contribution is 6.35. The van der Waals surface area contributed by atoms with Gasteiger partial charge in [-0.25, -0.2) is 0 Å². The molecule has 29 heavy (non-hydrogen) atoms. The zero-order chi connectivity index (χ0) is 20.4. The van der Waals surface area contributed by atoms with Gasteiger partial charge in [-0.15, -0.1) is 0 Å². The van der Waals surface area contributed by atoms with Gasteiger partial charge in [0.1, 0.15) is 6.54 Å². The van der Waals surface area contributed by atoms with E-state index < -0.39 is 11.8 Å². The van der Waals surface area contributed by atoms with Gasteiger partial charge >= 0.3 is 11.8 Å². The Morgan fingerprint density at radius 3 is 2.38 bits per heavy atom. The zero-order valence-electron chi connectivity index (χ0n) is 15.8. The number of halogens is 1. The van der Waals surface area contributed by atoms with Crippen LogP contribution in [-0.2, 0) is 22.7 Å². The highest BCUT2D eigenvalue weighted by atomic mass is 35.5. The normalized spacial score (nSPS) is 14.6. The molecule has 0 bridgehead atoms. The lowest BCUT2D eigenvalue weighted by atomic mass is 10.1. The molecule has 4 rings (SSSR count). The fourth-order valence-electron chi connectivity index (χ4n) is 3.21. The maximum atomic E-state index is 12.5. The molecule has 3 aromatic rings. The largest absolute Gasteiger partial charge is 0.337 e. The number of nitrogens with zero attached hydrogens (tertiary/aromatic N) is 4. The second-order valence-corrected chi connectivity index (χ2v) is 7.40. The van der Waals surface area contributed by atoms with Gasteiger partial charge < -0.3 is 14.3 Å². The molecule has 0 spiro atoms. The maximum absolute atomic E-state index is 12.5. The molecule has 148 valence electrons. The molecule has 2 aromatic carbocycles. The van der Waals surface area contributed by atoms with Crippen LogP contribution in [0.3, 0.4) is 0 Å². The lowest BCUT2D eigenvalue weighted by molar-refractivity contribution is -0.157. The van der Waals surface area contributed by atoms with E-state index in [1.54, 1.807) is 12.1 Å². The molecule has 1 aromatic heterocycles. The Morgan fingerprint density at radius 2 is 1.69 bits per heavy atom. The van der Waals surface area contributed by atoms with Crippen LogP contribution < -0.4 is 0 Å². The van der Waals surface area contributed by atoms with Crippen LogP contribution in [0.25, 0.3) is 11.4 Å². The predicted molar refractivity (Wildman–Crippen MR) is 107 cm³/mol. The van der Waals surface area contributed by atoms with Gasteiger partial charge in [-0.3, -0.25) is 9.59 Å². The minimum absolute atomic E-state index is 0.109. The fourth-order valence-corrected chi connectivity index (χ4v) is 3.34. The van der Waals surface area contributed by atoms with Crippen molar-refractivity contribution in [2.45, 2.75) is 20.0 Å². The molecule has 0 radical (unpaired) electrons. The number of amides is 2. The van der Waals surface area contributed by atoms with E-state index in [-0.39, 0.29) is 6.54 Å². The van der Waals surface area contributed by atoms with Crippen LogP contribution in [0.15, 0.2) is 53.1 Å². The van der Waals surface area contributed by atoms with E-state index in [0.29, 0.717) is 36.4 Å². The number of benzene rings is 2. The molecular formula is C21H19ClN4O3. The first-order valence-corrected chi connectivity index (χ1v) is 9.59. The maximum Gasteiger partial charge on any atom is 0.312 e. The van der Waals surface area contributed by atoms with Crippen LogP contribution in [0.1, 0.15) is 17.0 Å². The van der Waals surface area contributed by atoms with Gasteiger partial charge in [0, 0.05) is 30.2 Å². The summed E-state index contributed by atoms with van der Waals surface area (Å²) in [5.74, 6) is -0.345. The van der Waals surface area contributed by atoms with E-state index in [0.717, 1.165) is 16.7 Å². The summed E-state index contributed by atoms with van der Waals surface area (Å²) < 4.78 is 5.29. The summed E-state index contributed by atoms with van der Waals surface area (Å²) in [5, 5.41) is 4.61. The lowest BCUT2D eigenvalue weighted by Crippen LogP contribution is -2.53. The van der Waals surface area contributed by atoms with Crippen LogP contribution in [0.5, 0.6) is 0 Å². The Hall–Kier alpha value is -3.19. The van der Waals surface area contributed by atoms with Crippen molar-refractivity contribution in [3.05, 3.63) is 70.6 Å². The lowest BCUT2D eigenvalue weighted by Gasteiger charge is -2.33. The summed E-state index contributed by atoms with van der Waals surface area (Å²) in [5.41, 5.74) is 2.85. The second-order valence-electron chi connectivity index (χ2n) is 6.96. The van der Waals surface area contributed by atoms with E-state index in [2.05, 4.69) is 10.1 Å². The van der Waals surface area contributed by atoms with E-state index in [1.807, 2.05) is 43.3 Å². The molecular weight excluding hydrogens is 392 g/mol. The highest BCUT2D eigenvalue weighted by Crippen LogP contribution is 2.19. The standard InChI is InChI=1S/C21H19ClN4O3/c1-14-3-2-4-16(11-14)19-23-18(29-24-19)13-26-10-9-25(20(27)21(26)28)12-15-5-7-17(22)8-6-15/h2-8,11H,9-10,12-13H2,1H3. The zero-order valence-corrected chi connectivity index (χ0v) is 16.6. The quantitative estimate of drug-likeness (QED) is 0.604. The van der Waals surface area contributed by atoms with E-state index in [9.17, 15) is 9.59 Å². The second kappa shape index (κ2) is 8.05. The van der Waals surface area contributed by atoms with E-state index >= 15 is 0 Å². The minimum atomic E-state index is -0.569.